The SMILES string of the molecule is CC(CN1CCc2ccccc21)C(O)c1ccccc1. The van der Waals surface area contributed by atoms with Gasteiger partial charge in [0, 0.05) is 24.7 Å². The van der Waals surface area contributed by atoms with E-state index in [1.807, 2.05) is 30.3 Å². The van der Waals surface area contributed by atoms with Crippen molar-refractivity contribution in [3.8, 4) is 0 Å². The van der Waals surface area contributed by atoms with Gasteiger partial charge < -0.3 is 10.0 Å². The fraction of sp³-hybridized carbons (Fsp3) is 0.333. The van der Waals surface area contributed by atoms with Crippen LogP contribution in [-0.4, -0.2) is 18.2 Å². The van der Waals surface area contributed by atoms with Crippen molar-refractivity contribution < 1.29 is 5.11 Å². The van der Waals surface area contributed by atoms with Gasteiger partial charge in [-0.05, 0) is 23.6 Å². The van der Waals surface area contributed by atoms with Crippen LogP contribution in [0.1, 0.15) is 24.2 Å². The lowest BCUT2D eigenvalue weighted by molar-refractivity contribution is 0.120. The Morgan fingerprint density at radius 3 is 2.55 bits per heavy atom. The fourth-order valence-electron chi connectivity index (χ4n) is 3.02. The normalized spacial score (nSPS) is 16.8. The van der Waals surface area contributed by atoms with E-state index in [0.717, 1.165) is 25.1 Å². The van der Waals surface area contributed by atoms with Gasteiger partial charge in [-0.3, -0.25) is 0 Å². The van der Waals surface area contributed by atoms with Crippen molar-refractivity contribution in [3.63, 3.8) is 0 Å². The van der Waals surface area contributed by atoms with Crippen LogP contribution in [0.15, 0.2) is 54.6 Å². The van der Waals surface area contributed by atoms with Crippen LogP contribution in [0.25, 0.3) is 0 Å². The Balaban J connectivity index is 1.70. The summed E-state index contributed by atoms with van der Waals surface area (Å²) < 4.78 is 0. The standard InChI is InChI=1S/C18H21NO/c1-14(18(20)16-8-3-2-4-9-16)13-19-12-11-15-7-5-6-10-17(15)19/h2-10,14,18,20H,11-13H2,1H3. The molecule has 0 spiro atoms. The van der Waals surface area contributed by atoms with Gasteiger partial charge in [0.1, 0.15) is 0 Å². The molecule has 20 heavy (non-hydrogen) atoms. The first-order valence-electron chi connectivity index (χ1n) is 7.31. The molecule has 2 atom stereocenters. The second-order valence-electron chi connectivity index (χ2n) is 5.66. The largest absolute Gasteiger partial charge is 0.388 e. The fourth-order valence-corrected chi connectivity index (χ4v) is 3.02. The molecule has 0 saturated heterocycles. The van der Waals surface area contributed by atoms with Gasteiger partial charge in [-0.2, -0.15) is 0 Å². The molecular formula is C18H21NO. The lowest BCUT2D eigenvalue weighted by Crippen LogP contribution is -2.29. The number of aliphatic hydroxyl groups excluding tert-OH is 1. The van der Waals surface area contributed by atoms with Gasteiger partial charge in [0.15, 0.2) is 0 Å². The van der Waals surface area contributed by atoms with E-state index in [1.165, 1.54) is 11.3 Å². The zero-order chi connectivity index (χ0) is 13.9. The molecule has 0 aromatic heterocycles. The maximum Gasteiger partial charge on any atom is 0.0832 e. The first-order chi connectivity index (χ1) is 9.75. The van der Waals surface area contributed by atoms with Crippen LogP contribution >= 0.6 is 0 Å². The van der Waals surface area contributed by atoms with Gasteiger partial charge in [0.05, 0.1) is 6.10 Å². The Morgan fingerprint density at radius 1 is 1.05 bits per heavy atom. The molecule has 3 rings (SSSR count). The Hall–Kier alpha value is -1.80. The number of anilines is 1. The predicted molar refractivity (Wildman–Crippen MR) is 82.9 cm³/mol. The number of rotatable bonds is 4. The molecule has 1 N–H and O–H groups in total. The highest BCUT2D eigenvalue weighted by Gasteiger charge is 2.23. The van der Waals surface area contributed by atoms with E-state index in [-0.39, 0.29) is 5.92 Å². The highest BCUT2D eigenvalue weighted by atomic mass is 16.3. The first kappa shape index (κ1) is 13.2. The van der Waals surface area contributed by atoms with Gasteiger partial charge in [0.25, 0.3) is 0 Å². The van der Waals surface area contributed by atoms with Crippen LogP contribution in [0.4, 0.5) is 5.69 Å². The summed E-state index contributed by atoms with van der Waals surface area (Å²) in [6, 6.07) is 18.5. The summed E-state index contributed by atoms with van der Waals surface area (Å²) in [6.07, 6.45) is 0.716. The molecule has 1 aliphatic heterocycles. The molecule has 2 aromatic carbocycles. The number of hydrogen-bond donors (Lipinski definition) is 1. The van der Waals surface area contributed by atoms with Crippen LogP contribution in [0.2, 0.25) is 0 Å². The minimum atomic E-state index is -0.399. The maximum absolute atomic E-state index is 10.5. The van der Waals surface area contributed by atoms with Crippen molar-refractivity contribution in [2.75, 3.05) is 18.0 Å². The third-order valence-corrected chi connectivity index (χ3v) is 4.17. The Labute approximate surface area is 120 Å². The lowest BCUT2D eigenvalue weighted by atomic mass is 9.97. The van der Waals surface area contributed by atoms with Crippen molar-refractivity contribution >= 4 is 5.69 Å². The second-order valence-corrected chi connectivity index (χ2v) is 5.66. The molecule has 104 valence electrons. The minimum Gasteiger partial charge on any atom is -0.388 e. The summed E-state index contributed by atoms with van der Waals surface area (Å²) >= 11 is 0. The summed E-state index contributed by atoms with van der Waals surface area (Å²) in [6.45, 7) is 4.08. The molecule has 1 aliphatic rings. The van der Waals surface area contributed by atoms with Crippen molar-refractivity contribution in [2.45, 2.75) is 19.4 Å². The Bertz CT molecular complexity index is 567. The maximum atomic E-state index is 10.5. The average molecular weight is 267 g/mol. The molecule has 0 fully saturated rings. The van der Waals surface area contributed by atoms with Gasteiger partial charge in [-0.1, -0.05) is 55.5 Å². The van der Waals surface area contributed by atoms with E-state index in [9.17, 15) is 5.11 Å². The molecule has 2 nitrogen and oxygen atoms in total. The molecule has 0 saturated carbocycles. The topological polar surface area (TPSA) is 23.5 Å². The van der Waals surface area contributed by atoms with Crippen LogP contribution < -0.4 is 4.90 Å². The predicted octanol–water partition coefficient (Wildman–Crippen LogP) is 3.42. The van der Waals surface area contributed by atoms with Crippen molar-refractivity contribution in [1.29, 1.82) is 0 Å². The highest BCUT2D eigenvalue weighted by Crippen LogP contribution is 2.30. The molecule has 0 radical (unpaired) electrons. The molecule has 2 aromatic rings. The number of nitrogens with zero attached hydrogens (tertiary/aromatic N) is 1. The third-order valence-electron chi connectivity index (χ3n) is 4.17. The quantitative estimate of drug-likeness (QED) is 0.917. The molecule has 2 unspecified atom stereocenters. The van der Waals surface area contributed by atoms with Crippen LogP contribution in [-0.2, 0) is 6.42 Å². The molecule has 1 heterocycles. The monoisotopic (exact) mass is 267 g/mol. The van der Waals surface area contributed by atoms with Crippen LogP contribution in [0.3, 0.4) is 0 Å². The second kappa shape index (κ2) is 5.68. The molecular weight excluding hydrogens is 246 g/mol. The van der Waals surface area contributed by atoms with Gasteiger partial charge in [-0.15, -0.1) is 0 Å². The molecule has 0 amide bonds. The average Bonchev–Trinajstić information content (AvgIpc) is 2.91. The first-order valence-corrected chi connectivity index (χ1v) is 7.31. The molecule has 2 heteroatoms. The summed E-state index contributed by atoms with van der Waals surface area (Å²) in [5.41, 5.74) is 3.76. The summed E-state index contributed by atoms with van der Waals surface area (Å²) in [4.78, 5) is 2.40. The summed E-state index contributed by atoms with van der Waals surface area (Å²) in [7, 11) is 0. The third kappa shape index (κ3) is 2.56. The zero-order valence-corrected chi connectivity index (χ0v) is 11.9. The zero-order valence-electron chi connectivity index (χ0n) is 11.9. The van der Waals surface area contributed by atoms with Gasteiger partial charge >= 0.3 is 0 Å². The van der Waals surface area contributed by atoms with Crippen molar-refractivity contribution in [1.82, 2.24) is 0 Å². The van der Waals surface area contributed by atoms with Crippen molar-refractivity contribution in [3.05, 3.63) is 65.7 Å². The van der Waals surface area contributed by atoms with Crippen molar-refractivity contribution in [2.24, 2.45) is 5.92 Å². The van der Waals surface area contributed by atoms with Crippen LogP contribution in [0, 0.1) is 5.92 Å². The number of para-hydroxylation sites is 1. The van der Waals surface area contributed by atoms with Gasteiger partial charge in [0.2, 0.25) is 0 Å². The molecule has 0 bridgehead atoms. The lowest BCUT2D eigenvalue weighted by Gasteiger charge is -2.27. The van der Waals surface area contributed by atoms with Crippen LogP contribution in [0.5, 0.6) is 0 Å². The summed E-state index contributed by atoms with van der Waals surface area (Å²) in [5.74, 6) is 0.212. The Morgan fingerprint density at radius 2 is 1.75 bits per heavy atom. The van der Waals surface area contributed by atoms with E-state index in [4.69, 9.17) is 0 Å². The van der Waals surface area contributed by atoms with E-state index >= 15 is 0 Å². The number of aliphatic hydroxyl groups is 1. The summed E-state index contributed by atoms with van der Waals surface area (Å²) in [5, 5.41) is 10.5. The number of fused-ring (bicyclic) bond motifs is 1. The number of hydrogen-bond acceptors (Lipinski definition) is 2. The number of benzene rings is 2. The highest BCUT2D eigenvalue weighted by molar-refractivity contribution is 5.57. The van der Waals surface area contributed by atoms with E-state index in [1.54, 1.807) is 0 Å². The smallest absolute Gasteiger partial charge is 0.0832 e. The van der Waals surface area contributed by atoms with E-state index < -0.39 is 6.10 Å². The van der Waals surface area contributed by atoms with E-state index in [0.29, 0.717) is 0 Å². The molecule has 0 aliphatic carbocycles. The van der Waals surface area contributed by atoms with E-state index in [2.05, 4.69) is 36.1 Å². The van der Waals surface area contributed by atoms with Gasteiger partial charge in [-0.25, -0.2) is 0 Å². The minimum absolute atomic E-state index is 0.212. The Kier molecular flexibility index (Phi) is 3.75.